The van der Waals surface area contributed by atoms with Gasteiger partial charge in [0.15, 0.2) is 0 Å². The highest BCUT2D eigenvalue weighted by Crippen LogP contribution is 2.42. The Hall–Kier alpha value is -4.71. The van der Waals surface area contributed by atoms with Crippen LogP contribution in [-0.4, -0.2) is 21.8 Å². The van der Waals surface area contributed by atoms with E-state index in [0.29, 0.717) is 29.2 Å². The normalized spacial score (nSPS) is 16.8. The van der Waals surface area contributed by atoms with E-state index in [4.69, 9.17) is 4.74 Å². The summed E-state index contributed by atoms with van der Waals surface area (Å²) in [6.45, 7) is 8.63. The molecule has 0 radical (unpaired) electrons. The monoisotopic (exact) mass is 532 g/mol. The molecule has 1 atom stereocenters. The van der Waals surface area contributed by atoms with Crippen LogP contribution in [0, 0.1) is 6.92 Å². The molecular weight excluding hydrogens is 500 g/mol. The van der Waals surface area contributed by atoms with Crippen LogP contribution in [-0.2, 0) is 21.6 Å². The number of carbonyl (C=O) groups is 2. The first-order chi connectivity index (χ1) is 19.1. The predicted molar refractivity (Wildman–Crippen MR) is 156 cm³/mol. The number of nitrogens with zero attached hydrogens (tertiary/aromatic N) is 2. The number of ether oxygens (including phenoxy) is 1. The van der Waals surface area contributed by atoms with Gasteiger partial charge in [0.05, 0.1) is 11.6 Å². The number of rotatable bonds is 6. The van der Waals surface area contributed by atoms with Gasteiger partial charge in [-0.1, -0.05) is 69.3 Å². The number of amides is 1. The number of ketones is 1. The standard InChI is InChI=1S/C34H32N2O4/c1-22-19-24(12-17-28(22)40-21-23-9-6-5-7-10-23)31(37)29-30(25-11-8-18-35-20-25)36(33(39)32(29)38)27-15-13-26(14-16-27)34(2,3)4/h5-20,30,37H,21H2,1-4H3/b31-29-. The molecule has 1 aliphatic rings. The van der Waals surface area contributed by atoms with E-state index >= 15 is 0 Å². The Bertz CT molecular complexity index is 1570. The van der Waals surface area contributed by atoms with Gasteiger partial charge >= 0.3 is 0 Å². The lowest BCUT2D eigenvalue weighted by Gasteiger charge is -2.26. The zero-order chi connectivity index (χ0) is 28.4. The van der Waals surface area contributed by atoms with Crippen LogP contribution in [0.15, 0.2) is 103 Å². The number of pyridine rings is 1. The number of aliphatic hydroxyl groups is 1. The van der Waals surface area contributed by atoms with Crippen molar-refractivity contribution >= 4 is 23.1 Å². The minimum absolute atomic E-state index is 0.0234. The van der Waals surface area contributed by atoms with Gasteiger partial charge in [-0.3, -0.25) is 19.5 Å². The lowest BCUT2D eigenvalue weighted by atomic mass is 9.87. The summed E-state index contributed by atoms with van der Waals surface area (Å²) in [4.78, 5) is 32.6. The van der Waals surface area contributed by atoms with Crippen LogP contribution in [0.3, 0.4) is 0 Å². The molecule has 1 saturated heterocycles. The van der Waals surface area contributed by atoms with E-state index in [1.165, 1.54) is 4.90 Å². The van der Waals surface area contributed by atoms with Crippen molar-refractivity contribution in [3.8, 4) is 5.75 Å². The zero-order valence-corrected chi connectivity index (χ0v) is 23.1. The Morgan fingerprint density at radius 2 is 1.68 bits per heavy atom. The third-order valence-corrected chi connectivity index (χ3v) is 7.14. The van der Waals surface area contributed by atoms with Gasteiger partial charge in [-0.25, -0.2) is 0 Å². The molecule has 1 aromatic heterocycles. The molecule has 2 heterocycles. The molecular formula is C34H32N2O4. The highest BCUT2D eigenvalue weighted by molar-refractivity contribution is 6.51. The second kappa shape index (κ2) is 10.8. The van der Waals surface area contributed by atoms with Crippen molar-refractivity contribution in [3.05, 3.63) is 131 Å². The van der Waals surface area contributed by atoms with E-state index in [2.05, 4.69) is 25.8 Å². The lowest BCUT2D eigenvalue weighted by Crippen LogP contribution is -2.29. The maximum atomic E-state index is 13.5. The molecule has 1 amide bonds. The summed E-state index contributed by atoms with van der Waals surface area (Å²) < 4.78 is 5.98. The minimum Gasteiger partial charge on any atom is -0.507 e. The summed E-state index contributed by atoms with van der Waals surface area (Å²) in [5, 5.41) is 11.5. The Labute approximate surface area is 234 Å². The van der Waals surface area contributed by atoms with Crippen molar-refractivity contribution in [1.29, 1.82) is 0 Å². The SMILES string of the molecule is Cc1cc(/C(O)=C2/C(=O)C(=O)N(c3ccc(C(C)(C)C)cc3)C2c2cccnc2)ccc1OCc1ccccc1. The number of aliphatic hydroxyl groups excluding tert-OH is 1. The van der Waals surface area contributed by atoms with Gasteiger partial charge in [-0.05, 0) is 71.0 Å². The number of hydrogen-bond donors (Lipinski definition) is 1. The Balaban J connectivity index is 1.54. The van der Waals surface area contributed by atoms with Crippen LogP contribution in [0.5, 0.6) is 5.75 Å². The van der Waals surface area contributed by atoms with Crippen molar-refractivity contribution in [1.82, 2.24) is 4.98 Å². The van der Waals surface area contributed by atoms with Crippen LogP contribution in [0.4, 0.5) is 5.69 Å². The van der Waals surface area contributed by atoms with Gasteiger partial charge in [0.1, 0.15) is 18.1 Å². The average Bonchev–Trinajstić information content (AvgIpc) is 3.22. The van der Waals surface area contributed by atoms with Crippen LogP contribution >= 0.6 is 0 Å². The first-order valence-electron chi connectivity index (χ1n) is 13.2. The molecule has 0 saturated carbocycles. The Morgan fingerprint density at radius 3 is 2.30 bits per heavy atom. The number of benzene rings is 3. The molecule has 0 bridgehead atoms. The van der Waals surface area contributed by atoms with Gasteiger partial charge in [0.2, 0.25) is 0 Å². The van der Waals surface area contributed by atoms with Crippen molar-refractivity contribution in [2.45, 2.75) is 45.8 Å². The van der Waals surface area contributed by atoms with Gasteiger partial charge in [-0.15, -0.1) is 0 Å². The van der Waals surface area contributed by atoms with Crippen molar-refractivity contribution < 1.29 is 19.4 Å². The van der Waals surface area contributed by atoms with Crippen LogP contribution in [0.2, 0.25) is 0 Å². The highest BCUT2D eigenvalue weighted by atomic mass is 16.5. The van der Waals surface area contributed by atoms with Crippen molar-refractivity contribution in [2.24, 2.45) is 0 Å². The van der Waals surface area contributed by atoms with Crippen LogP contribution in [0.25, 0.3) is 5.76 Å². The Morgan fingerprint density at radius 1 is 0.950 bits per heavy atom. The topological polar surface area (TPSA) is 79.7 Å². The third kappa shape index (κ3) is 5.25. The highest BCUT2D eigenvalue weighted by Gasteiger charge is 2.47. The lowest BCUT2D eigenvalue weighted by molar-refractivity contribution is -0.132. The van der Waals surface area contributed by atoms with E-state index in [1.807, 2.05) is 61.5 Å². The molecule has 1 unspecified atom stereocenters. The summed E-state index contributed by atoms with van der Waals surface area (Å²) in [6.07, 6.45) is 3.25. The molecule has 0 aliphatic carbocycles. The first kappa shape index (κ1) is 26.9. The van der Waals surface area contributed by atoms with E-state index in [1.54, 1.807) is 42.7 Å². The molecule has 5 rings (SSSR count). The molecule has 6 heteroatoms. The molecule has 40 heavy (non-hydrogen) atoms. The van der Waals surface area contributed by atoms with Gasteiger partial charge < -0.3 is 9.84 Å². The number of carbonyl (C=O) groups excluding carboxylic acids is 2. The van der Waals surface area contributed by atoms with Crippen LogP contribution < -0.4 is 9.64 Å². The fourth-order valence-electron chi connectivity index (χ4n) is 4.92. The molecule has 4 aromatic rings. The smallest absolute Gasteiger partial charge is 0.300 e. The summed E-state index contributed by atoms with van der Waals surface area (Å²) in [5.74, 6) is -1.01. The third-order valence-electron chi connectivity index (χ3n) is 7.14. The summed E-state index contributed by atoms with van der Waals surface area (Å²) in [6, 6.07) is 25.4. The van der Waals surface area contributed by atoms with Crippen molar-refractivity contribution in [2.75, 3.05) is 4.90 Å². The van der Waals surface area contributed by atoms with E-state index in [-0.39, 0.29) is 16.7 Å². The fraction of sp³-hybridized carbons (Fsp3) is 0.206. The van der Waals surface area contributed by atoms with Gasteiger partial charge in [0.25, 0.3) is 11.7 Å². The second-order valence-electron chi connectivity index (χ2n) is 11.0. The first-order valence-corrected chi connectivity index (χ1v) is 13.2. The maximum absolute atomic E-state index is 13.5. The average molecular weight is 533 g/mol. The number of aryl methyl sites for hydroxylation is 1. The molecule has 6 nitrogen and oxygen atoms in total. The fourth-order valence-corrected chi connectivity index (χ4v) is 4.92. The summed E-state index contributed by atoms with van der Waals surface area (Å²) in [5.41, 5.74) is 4.53. The number of anilines is 1. The van der Waals surface area contributed by atoms with E-state index in [0.717, 1.165) is 16.7 Å². The second-order valence-corrected chi connectivity index (χ2v) is 11.0. The van der Waals surface area contributed by atoms with Crippen LogP contribution in [0.1, 0.15) is 54.6 Å². The number of hydrogen-bond acceptors (Lipinski definition) is 5. The largest absolute Gasteiger partial charge is 0.507 e. The molecule has 1 fully saturated rings. The molecule has 1 N–H and O–H groups in total. The van der Waals surface area contributed by atoms with E-state index < -0.39 is 17.7 Å². The predicted octanol–water partition coefficient (Wildman–Crippen LogP) is 6.89. The van der Waals surface area contributed by atoms with Gasteiger partial charge in [0, 0.05) is 23.6 Å². The Kier molecular flexibility index (Phi) is 7.26. The zero-order valence-electron chi connectivity index (χ0n) is 23.1. The minimum atomic E-state index is -0.830. The molecule has 3 aromatic carbocycles. The maximum Gasteiger partial charge on any atom is 0.300 e. The molecule has 202 valence electrons. The van der Waals surface area contributed by atoms with E-state index in [9.17, 15) is 14.7 Å². The number of aromatic nitrogens is 1. The summed E-state index contributed by atoms with van der Waals surface area (Å²) in [7, 11) is 0. The summed E-state index contributed by atoms with van der Waals surface area (Å²) >= 11 is 0. The van der Waals surface area contributed by atoms with Gasteiger partial charge in [-0.2, -0.15) is 0 Å². The quantitative estimate of drug-likeness (QED) is 0.166. The molecule has 1 aliphatic heterocycles. The van der Waals surface area contributed by atoms with Crippen molar-refractivity contribution in [3.63, 3.8) is 0 Å². The molecule has 0 spiro atoms. The number of Topliss-reactive ketones (excluding diaryl/α,β-unsaturated/α-hetero) is 1.